The largest absolute Gasteiger partial charge is 0.507 e. The molecule has 0 spiro atoms. The Bertz CT molecular complexity index is 1190. The van der Waals surface area contributed by atoms with Crippen LogP contribution in [0.3, 0.4) is 0 Å². The van der Waals surface area contributed by atoms with Crippen molar-refractivity contribution in [2.75, 3.05) is 13.7 Å². The van der Waals surface area contributed by atoms with Gasteiger partial charge in [-0.15, -0.1) is 0 Å². The number of aliphatic hydroxyl groups is 4. The predicted molar refractivity (Wildman–Crippen MR) is 104 cm³/mol. The fraction of sp³-hybridized carbons (Fsp3) is 0.350. The van der Waals surface area contributed by atoms with Gasteiger partial charge in [0.25, 0.3) is 0 Å². The smallest absolute Gasteiger partial charge is 0.229 e. The van der Waals surface area contributed by atoms with Gasteiger partial charge in [-0.25, -0.2) is 0 Å². The zero-order valence-corrected chi connectivity index (χ0v) is 16.1. The molecule has 0 unspecified atom stereocenters. The van der Waals surface area contributed by atoms with E-state index in [1.165, 1.54) is 19.2 Å². The summed E-state index contributed by atoms with van der Waals surface area (Å²) in [6, 6.07) is 4.95. The second kappa shape index (κ2) is 7.87. The Morgan fingerprint density at radius 1 is 1.00 bits per heavy atom. The Labute approximate surface area is 173 Å². The van der Waals surface area contributed by atoms with Crippen LogP contribution in [0, 0.1) is 0 Å². The molecule has 5 atom stereocenters. The minimum absolute atomic E-state index is 0.0580. The lowest BCUT2D eigenvalue weighted by atomic mass is 9.99. The molecule has 31 heavy (non-hydrogen) atoms. The minimum atomic E-state index is -1.72. The predicted octanol–water partition coefficient (Wildman–Crippen LogP) is -0.455. The fourth-order valence-corrected chi connectivity index (χ4v) is 3.49. The van der Waals surface area contributed by atoms with Gasteiger partial charge in [-0.05, 0) is 12.1 Å². The number of phenols is 2. The SMILES string of the molecule is COc1cc(O[C@H]2O[C@H](CO)[C@@H](O)[C@H](O)[C@H]2O)c2c(=O)c3c(O)ccc(O)c3oc2c1. The minimum Gasteiger partial charge on any atom is -0.507 e. The normalized spacial score (nSPS) is 26.3. The number of methoxy groups -OCH3 is 1. The molecule has 3 aromatic rings. The van der Waals surface area contributed by atoms with E-state index in [4.69, 9.17) is 18.6 Å². The monoisotopic (exact) mass is 436 g/mol. The summed E-state index contributed by atoms with van der Waals surface area (Å²) in [4.78, 5) is 13.2. The Hall–Kier alpha value is -3.09. The van der Waals surface area contributed by atoms with E-state index in [-0.39, 0.29) is 39.2 Å². The third kappa shape index (κ3) is 3.42. The van der Waals surface area contributed by atoms with Crippen LogP contribution < -0.4 is 14.9 Å². The summed E-state index contributed by atoms with van der Waals surface area (Å²) in [5, 5.41) is 59.2. The Morgan fingerprint density at radius 3 is 2.39 bits per heavy atom. The molecule has 2 heterocycles. The molecule has 1 fully saturated rings. The lowest BCUT2D eigenvalue weighted by molar-refractivity contribution is -0.277. The number of hydrogen-bond donors (Lipinski definition) is 6. The van der Waals surface area contributed by atoms with E-state index in [2.05, 4.69) is 0 Å². The van der Waals surface area contributed by atoms with Crippen molar-refractivity contribution in [3.05, 3.63) is 34.5 Å². The van der Waals surface area contributed by atoms with Crippen molar-refractivity contribution in [1.29, 1.82) is 0 Å². The third-order valence-corrected chi connectivity index (χ3v) is 5.15. The Morgan fingerprint density at radius 2 is 1.71 bits per heavy atom. The van der Waals surface area contributed by atoms with Crippen LogP contribution in [0.2, 0.25) is 0 Å². The second-order valence-corrected chi connectivity index (χ2v) is 7.05. The summed E-state index contributed by atoms with van der Waals surface area (Å²) in [7, 11) is 1.35. The van der Waals surface area contributed by atoms with Gasteiger partial charge in [0.05, 0.1) is 13.7 Å². The average Bonchev–Trinajstić information content (AvgIpc) is 2.76. The zero-order chi connectivity index (χ0) is 22.4. The molecule has 4 rings (SSSR count). The van der Waals surface area contributed by atoms with Gasteiger partial charge in [-0.2, -0.15) is 0 Å². The van der Waals surface area contributed by atoms with Gasteiger partial charge >= 0.3 is 0 Å². The first-order chi connectivity index (χ1) is 14.8. The summed E-state index contributed by atoms with van der Waals surface area (Å²) in [6.45, 7) is -0.663. The number of phenolic OH excluding ortho intramolecular Hbond substituents is 2. The molecule has 6 N–H and O–H groups in total. The molecule has 0 radical (unpaired) electrons. The highest BCUT2D eigenvalue weighted by atomic mass is 16.7. The summed E-state index contributed by atoms with van der Waals surface area (Å²) < 4.78 is 21.8. The number of rotatable bonds is 4. The topological polar surface area (TPSA) is 179 Å². The molecular weight excluding hydrogens is 416 g/mol. The lowest BCUT2D eigenvalue weighted by Crippen LogP contribution is -2.60. The van der Waals surface area contributed by atoms with E-state index in [1.807, 2.05) is 0 Å². The highest BCUT2D eigenvalue weighted by molar-refractivity contribution is 5.98. The summed E-state index contributed by atoms with van der Waals surface area (Å²) in [5.41, 5.74) is -1.05. The van der Waals surface area contributed by atoms with E-state index >= 15 is 0 Å². The van der Waals surface area contributed by atoms with E-state index < -0.39 is 48.5 Å². The van der Waals surface area contributed by atoms with Gasteiger partial charge in [0.15, 0.2) is 11.3 Å². The van der Waals surface area contributed by atoms with Crippen molar-refractivity contribution in [3.8, 4) is 23.0 Å². The van der Waals surface area contributed by atoms with Crippen LogP contribution in [0.15, 0.2) is 33.5 Å². The highest BCUT2D eigenvalue weighted by Gasteiger charge is 2.45. The maximum absolute atomic E-state index is 13.2. The van der Waals surface area contributed by atoms with Crippen molar-refractivity contribution in [2.45, 2.75) is 30.7 Å². The number of hydrogen-bond acceptors (Lipinski definition) is 11. The van der Waals surface area contributed by atoms with Crippen molar-refractivity contribution in [1.82, 2.24) is 0 Å². The summed E-state index contributed by atoms with van der Waals surface area (Å²) in [6.07, 6.45) is -7.79. The van der Waals surface area contributed by atoms with Gasteiger partial charge in [-0.3, -0.25) is 4.79 Å². The van der Waals surface area contributed by atoms with Gasteiger partial charge in [0, 0.05) is 12.1 Å². The molecule has 0 saturated carbocycles. The molecule has 11 heteroatoms. The van der Waals surface area contributed by atoms with Gasteiger partial charge in [0.1, 0.15) is 58.0 Å². The first kappa shape index (κ1) is 21.2. The maximum atomic E-state index is 13.2. The lowest BCUT2D eigenvalue weighted by Gasteiger charge is -2.39. The molecule has 0 aliphatic carbocycles. The highest BCUT2D eigenvalue weighted by Crippen LogP contribution is 2.37. The Kier molecular flexibility index (Phi) is 5.37. The molecule has 1 aromatic heterocycles. The van der Waals surface area contributed by atoms with Crippen molar-refractivity contribution < 1.29 is 49.3 Å². The molecule has 1 aliphatic rings. The average molecular weight is 436 g/mol. The number of aliphatic hydroxyl groups excluding tert-OH is 4. The standard InChI is InChI=1S/C20H20O11/c1-28-7-4-10-14(16(25)13-8(22)2-3-9(23)19(13)29-10)11(5-7)30-20-18(27)17(26)15(24)12(6-21)31-20/h2-5,12,15,17-18,20-24,26-27H,6H2,1H3/t12-,15-,17+,18-,20+/m1/s1. The Balaban J connectivity index is 1.90. The maximum Gasteiger partial charge on any atom is 0.229 e. The quantitative estimate of drug-likeness (QED) is 0.230. The summed E-state index contributed by atoms with van der Waals surface area (Å²) in [5.74, 6) is -0.796. The molecule has 166 valence electrons. The fourth-order valence-electron chi connectivity index (χ4n) is 3.49. The molecule has 1 saturated heterocycles. The van der Waals surface area contributed by atoms with Gasteiger partial charge in [-0.1, -0.05) is 0 Å². The molecular formula is C20H20O11. The van der Waals surface area contributed by atoms with E-state index in [1.54, 1.807) is 0 Å². The molecule has 0 amide bonds. The van der Waals surface area contributed by atoms with E-state index in [0.717, 1.165) is 12.1 Å². The number of aromatic hydroxyl groups is 2. The molecule has 1 aliphatic heterocycles. The van der Waals surface area contributed by atoms with Crippen LogP contribution in [0.5, 0.6) is 23.0 Å². The van der Waals surface area contributed by atoms with Gasteiger partial charge < -0.3 is 49.3 Å². The van der Waals surface area contributed by atoms with Crippen LogP contribution in [-0.4, -0.2) is 75.1 Å². The summed E-state index contributed by atoms with van der Waals surface area (Å²) >= 11 is 0. The van der Waals surface area contributed by atoms with Crippen molar-refractivity contribution in [3.63, 3.8) is 0 Å². The zero-order valence-electron chi connectivity index (χ0n) is 16.1. The molecule has 11 nitrogen and oxygen atoms in total. The van der Waals surface area contributed by atoms with Crippen molar-refractivity contribution >= 4 is 21.9 Å². The number of fused-ring (bicyclic) bond motifs is 2. The van der Waals surface area contributed by atoms with E-state index in [0.29, 0.717) is 0 Å². The van der Waals surface area contributed by atoms with Gasteiger partial charge in [0.2, 0.25) is 11.7 Å². The van der Waals surface area contributed by atoms with Crippen LogP contribution >= 0.6 is 0 Å². The first-order valence-electron chi connectivity index (χ1n) is 9.23. The first-order valence-corrected chi connectivity index (χ1v) is 9.23. The number of benzene rings is 2. The van der Waals surface area contributed by atoms with Crippen LogP contribution in [0.1, 0.15) is 0 Å². The van der Waals surface area contributed by atoms with Crippen LogP contribution in [-0.2, 0) is 4.74 Å². The second-order valence-electron chi connectivity index (χ2n) is 7.05. The molecule has 2 aromatic carbocycles. The van der Waals surface area contributed by atoms with Crippen LogP contribution in [0.25, 0.3) is 21.9 Å². The third-order valence-electron chi connectivity index (χ3n) is 5.15. The molecule has 0 bridgehead atoms. The van der Waals surface area contributed by atoms with E-state index in [9.17, 15) is 35.4 Å². The van der Waals surface area contributed by atoms with Crippen molar-refractivity contribution in [2.24, 2.45) is 0 Å². The number of ether oxygens (including phenoxy) is 3. The van der Waals surface area contributed by atoms with Crippen LogP contribution in [0.4, 0.5) is 0 Å².